The number of aromatic nitrogens is 4. The normalized spacial score (nSPS) is 21.7. The van der Waals surface area contributed by atoms with Crippen LogP contribution in [0.15, 0.2) is 43.0 Å². The number of carbonyl (C=O) groups excluding carboxylic acids is 1. The van der Waals surface area contributed by atoms with E-state index in [0.29, 0.717) is 42.7 Å². The van der Waals surface area contributed by atoms with Gasteiger partial charge >= 0.3 is 6.18 Å². The smallest absolute Gasteiger partial charge is 0.417 e. The van der Waals surface area contributed by atoms with E-state index < -0.39 is 17.8 Å². The minimum atomic E-state index is -4.55. The third kappa shape index (κ3) is 4.67. The fourth-order valence-corrected chi connectivity index (χ4v) is 5.00. The van der Waals surface area contributed by atoms with Crippen LogP contribution < -0.4 is 4.74 Å². The summed E-state index contributed by atoms with van der Waals surface area (Å²) in [5.41, 5.74) is 0.670. The molecule has 3 fully saturated rings. The van der Waals surface area contributed by atoms with Crippen LogP contribution in [0.1, 0.15) is 40.7 Å². The van der Waals surface area contributed by atoms with Gasteiger partial charge in [0.25, 0.3) is 5.91 Å². The van der Waals surface area contributed by atoms with Crippen LogP contribution in [-0.2, 0) is 6.18 Å². The molecule has 35 heavy (non-hydrogen) atoms. The molecule has 2 bridgehead atoms. The third-order valence-electron chi connectivity index (χ3n) is 6.41. The Bertz CT molecular complexity index is 1260. The van der Waals surface area contributed by atoms with E-state index in [1.54, 1.807) is 35.6 Å². The van der Waals surface area contributed by atoms with Crippen LogP contribution in [0.5, 0.6) is 5.88 Å². The standard InChI is InChI=1S/C24H21ClF3N5O2/c1-13-7-16(20(31-10-13)21-29-5-2-6-30-21)23(34)33-12-14-3-4-18(33)19(8-14)35-22-17(25)9-15(11-32-22)24(26,27)28/h2,5-7,9-11,14,18-19H,3-4,8,12H2,1H3. The lowest BCUT2D eigenvalue weighted by Gasteiger charge is -2.49. The van der Waals surface area contributed by atoms with E-state index in [9.17, 15) is 18.0 Å². The summed E-state index contributed by atoms with van der Waals surface area (Å²) >= 11 is 6.07. The number of halogens is 4. The van der Waals surface area contributed by atoms with Crippen molar-refractivity contribution in [2.45, 2.75) is 44.5 Å². The van der Waals surface area contributed by atoms with Gasteiger partial charge in [-0.15, -0.1) is 0 Å². The van der Waals surface area contributed by atoms with E-state index in [-0.39, 0.29) is 28.8 Å². The van der Waals surface area contributed by atoms with Gasteiger partial charge in [-0.25, -0.2) is 15.0 Å². The zero-order valence-corrected chi connectivity index (χ0v) is 19.4. The van der Waals surface area contributed by atoms with Gasteiger partial charge in [0.1, 0.15) is 16.8 Å². The van der Waals surface area contributed by atoms with E-state index in [1.165, 1.54) is 0 Å². The van der Waals surface area contributed by atoms with Gasteiger partial charge < -0.3 is 9.64 Å². The lowest BCUT2D eigenvalue weighted by atomic mass is 9.77. The third-order valence-corrected chi connectivity index (χ3v) is 6.68. The molecule has 3 aromatic rings. The van der Waals surface area contributed by atoms with Gasteiger partial charge in [-0.1, -0.05) is 11.6 Å². The van der Waals surface area contributed by atoms with Crippen molar-refractivity contribution in [3.63, 3.8) is 0 Å². The van der Waals surface area contributed by atoms with Gasteiger partial charge in [0.15, 0.2) is 5.82 Å². The summed E-state index contributed by atoms with van der Waals surface area (Å²) in [5, 5.41) is -0.217. The molecule has 3 unspecified atom stereocenters. The van der Waals surface area contributed by atoms with E-state index in [1.807, 2.05) is 6.92 Å². The molecule has 6 rings (SSSR count). The van der Waals surface area contributed by atoms with Crippen molar-refractivity contribution in [2.75, 3.05) is 6.54 Å². The Labute approximate surface area is 204 Å². The topological polar surface area (TPSA) is 81.1 Å². The Hall–Kier alpha value is -3.27. The summed E-state index contributed by atoms with van der Waals surface area (Å²) in [5.74, 6) is 0.265. The molecule has 2 aliphatic heterocycles. The maximum Gasteiger partial charge on any atom is 0.417 e. The van der Waals surface area contributed by atoms with Crippen LogP contribution in [0.25, 0.3) is 11.5 Å². The van der Waals surface area contributed by atoms with Gasteiger partial charge in [-0.05, 0) is 55.9 Å². The number of amides is 1. The first kappa shape index (κ1) is 23.5. The van der Waals surface area contributed by atoms with Crippen molar-refractivity contribution >= 4 is 17.5 Å². The molecule has 1 amide bonds. The zero-order chi connectivity index (χ0) is 24.7. The van der Waals surface area contributed by atoms with Crippen molar-refractivity contribution < 1.29 is 22.7 Å². The summed E-state index contributed by atoms with van der Waals surface area (Å²) in [7, 11) is 0. The molecule has 3 aromatic heterocycles. The second kappa shape index (κ2) is 9.07. The van der Waals surface area contributed by atoms with Gasteiger partial charge in [0.2, 0.25) is 5.88 Å². The fraction of sp³-hybridized carbons (Fsp3) is 0.375. The van der Waals surface area contributed by atoms with E-state index in [0.717, 1.165) is 18.1 Å². The lowest BCUT2D eigenvalue weighted by molar-refractivity contribution is -0.137. The molecule has 3 atom stereocenters. The molecule has 182 valence electrons. The number of fused-ring (bicyclic) bond motifs is 3. The minimum absolute atomic E-state index is 0.0692. The monoisotopic (exact) mass is 503 g/mol. The predicted octanol–water partition coefficient (Wildman–Crippen LogP) is 4.99. The number of ether oxygens (including phenoxy) is 1. The van der Waals surface area contributed by atoms with Gasteiger partial charge in [-0.2, -0.15) is 13.2 Å². The highest BCUT2D eigenvalue weighted by Gasteiger charge is 2.45. The maximum absolute atomic E-state index is 13.8. The maximum atomic E-state index is 13.8. The first-order valence-electron chi connectivity index (χ1n) is 11.1. The first-order valence-corrected chi connectivity index (χ1v) is 11.5. The van der Waals surface area contributed by atoms with Crippen molar-refractivity contribution in [1.82, 2.24) is 24.8 Å². The van der Waals surface area contributed by atoms with Crippen LogP contribution in [-0.4, -0.2) is 49.4 Å². The number of nitrogens with zero attached hydrogens (tertiary/aromatic N) is 5. The molecule has 1 saturated carbocycles. The van der Waals surface area contributed by atoms with Crippen molar-refractivity contribution in [2.24, 2.45) is 5.92 Å². The van der Waals surface area contributed by atoms with Crippen LogP contribution >= 0.6 is 11.6 Å². The summed E-state index contributed by atoms with van der Waals surface area (Å²) in [6.07, 6.45) is 2.85. The van der Waals surface area contributed by atoms with E-state index >= 15 is 0 Å². The Kier molecular flexibility index (Phi) is 6.08. The molecule has 0 N–H and O–H groups in total. The van der Waals surface area contributed by atoms with Gasteiger partial charge in [0.05, 0.1) is 17.2 Å². The summed E-state index contributed by atoms with van der Waals surface area (Å²) in [6.45, 7) is 2.41. The predicted molar refractivity (Wildman–Crippen MR) is 121 cm³/mol. The Morgan fingerprint density at radius 3 is 2.57 bits per heavy atom. The highest BCUT2D eigenvalue weighted by atomic mass is 35.5. The van der Waals surface area contributed by atoms with Crippen LogP contribution in [0.2, 0.25) is 5.02 Å². The summed E-state index contributed by atoms with van der Waals surface area (Å²) in [4.78, 5) is 32.3. The second-order valence-corrected chi connectivity index (χ2v) is 9.26. The fourth-order valence-electron chi connectivity index (χ4n) is 4.79. The average Bonchev–Trinajstić information content (AvgIpc) is 2.85. The van der Waals surface area contributed by atoms with Gasteiger partial charge in [0, 0.05) is 31.3 Å². The average molecular weight is 504 g/mol. The molecule has 5 heterocycles. The number of aryl methyl sites for hydroxylation is 1. The Morgan fingerprint density at radius 2 is 1.89 bits per heavy atom. The number of carbonyl (C=O) groups is 1. The number of rotatable bonds is 4. The van der Waals surface area contributed by atoms with Crippen molar-refractivity contribution in [1.29, 1.82) is 0 Å². The highest BCUT2D eigenvalue weighted by molar-refractivity contribution is 6.31. The molecule has 2 saturated heterocycles. The SMILES string of the molecule is Cc1cnc(-c2ncccn2)c(C(=O)N2CC3CCC2C(Oc2ncc(C(F)(F)F)cc2Cl)C3)c1. The first-order chi connectivity index (χ1) is 16.7. The largest absolute Gasteiger partial charge is 0.471 e. The summed E-state index contributed by atoms with van der Waals surface area (Å²) < 4.78 is 44.9. The zero-order valence-electron chi connectivity index (χ0n) is 18.7. The molecule has 11 heteroatoms. The van der Waals surface area contributed by atoms with Crippen molar-refractivity contribution in [3.8, 4) is 17.4 Å². The number of alkyl halides is 3. The lowest BCUT2D eigenvalue weighted by Crippen LogP contribution is -2.59. The van der Waals surface area contributed by atoms with Crippen molar-refractivity contribution in [3.05, 3.63) is 64.7 Å². The quantitative estimate of drug-likeness (QED) is 0.499. The number of piperidine rings is 2. The molecule has 0 aromatic carbocycles. The molecular formula is C24H21ClF3N5O2. The highest BCUT2D eigenvalue weighted by Crippen LogP contribution is 2.40. The van der Waals surface area contributed by atoms with E-state index in [2.05, 4.69) is 19.9 Å². The Morgan fingerprint density at radius 1 is 1.11 bits per heavy atom. The van der Waals surface area contributed by atoms with Crippen LogP contribution in [0.3, 0.4) is 0 Å². The molecule has 1 aliphatic carbocycles. The molecule has 0 radical (unpaired) electrons. The molecule has 0 spiro atoms. The Balaban J connectivity index is 1.42. The molecule has 7 nitrogen and oxygen atoms in total. The number of hydrogen-bond donors (Lipinski definition) is 0. The summed E-state index contributed by atoms with van der Waals surface area (Å²) in [6, 6.07) is 3.98. The van der Waals surface area contributed by atoms with E-state index in [4.69, 9.17) is 16.3 Å². The number of hydrogen-bond acceptors (Lipinski definition) is 6. The van der Waals surface area contributed by atoms with Gasteiger partial charge in [-0.3, -0.25) is 9.78 Å². The molecular weight excluding hydrogens is 483 g/mol. The molecule has 3 aliphatic rings. The number of pyridine rings is 2. The second-order valence-electron chi connectivity index (χ2n) is 8.85. The van der Waals surface area contributed by atoms with Crippen LogP contribution in [0.4, 0.5) is 13.2 Å². The van der Waals surface area contributed by atoms with Crippen LogP contribution in [0, 0.1) is 12.8 Å². The minimum Gasteiger partial charge on any atom is -0.471 e.